The first-order valence-corrected chi connectivity index (χ1v) is 3.96. The van der Waals surface area contributed by atoms with Crippen LogP contribution in [-0.2, 0) is 9.57 Å². The Morgan fingerprint density at radius 1 is 1.33 bits per heavy atom. The molecule has 2 aliphatic rings. The van der Waals surface area contributed by atoms with Crippen molar-refractivity contribution >= 4 is 5.90 Å². The zero-order valence-corrected chi connectivity index (χ0v) is 6.75. The Balaban J connectivity index is 1.86. The summed E-state index contributed by atoms with van der Waals surface area (Å²) in [6.45, 7) is 3.68. The lowest BCUT2D eigenvalue weighted by Gasteiger charge is -2.31. The van der Waals surface area contributed by atoms with Crippen LogP contribution in [0, 0.1) is 5.41 Å². The molecular weight excluding hydrogens is 160 g/mol. The van der Waals surface area contributed by atoms with E-state index < -0.39 is 0 Å². The summed E-state index contributed by atoms with van der Waals surface area (Å²) in [5, 5.41) is 11.1. The molecular formula is C6H12N4O2. The molecule has 0 amide bonds. The fourth-order valence-corrected chi connectivity index (χ4v) is 1.26. The van der Waals surface area contributed by atoms with Crippen molar-refractivity contribution < 1.29 is 9.57 Å². The maximum absolute atomic E-state index is 7.21. The van der Waals surface area contributed by atoms with Crippen LogP contribution in [0.4, 0.5) is 0 Å². The van der Waals surface area contributed by atoms with E-state index in [1.54, 1.807) is 5.12 Å². The van der Waals surface area contributed by atoms with Gasteiger partial charge in [0, 0.05) is 13.1 Å². The number of nitrogens with zero attached hydrogens (tertiary/aromatic N) is 2. The molecule has 0 saturated carbocycles. The molecule has 0 atom stereocenters. The second kappa shape index (κ2) is 3.36. The van der Waals surface area contributed by atoms with Crippen LogP contribution in [0.5, 0.6) is 0 Å². The topological polar surface area (TPSA) is 60.8 Å². The summed E-state index contributed by atoms with van der Waals surface area (Å²) in [6.07, 6.45) is 0. The minimum atomic E-state index is 0.251. The standard InChI is InChI=1S/C6H12N4O2/c7-6-5-10(8-12-6)9-1-3-11-4-2-9/h7-8H,1-5H2. The molecule has 0 aromatic carbocycles. The van der Waals surface area contributed by atoms with E-state index in [4.69, 9.17) is 15.0 Å². The average molecular weight is 172 g/mol. The number of hydrazine groups is 2. The van der Waals surface area contributed by atoms with E-state index in [1.165, 1.54) is 0 Å². The molecule has 2 fully saturated rings. The molecule has 0 aromatic heterocycles. The Morgan fingerprint density at radius 2 is 2.08 bits per heavy atom. The predicted octanol–water partition coefficient (Wildman–Crippen LogP) is -1.04. The first-order valence-electron chi connectivity index (χ1n) is 3.96. The minimum Gasteiger partial charge on any atom is -0.379 e. The van der Waals surface area contributed by atoms with Crippen molar-refractivity contribution in [3.05, 3.63) is 0 Å². The third kappa shape index (κ3) is 1.56. The molecule has 0 aliphatic carbocycles. The number of nitrogens with one attached hydrogen (secondary N) is 2. The van der Waals surface area contributed by atoms with Crippen LogP contribution in [0.2, 0.25) is 0 Å². The number of rotatable bonds is 1. The zero-order chi connectivity index (χ0) is 8.39. The van der Waals surface area contributed by atoms with Crippen LogP contribution in [0.3, 0.4) is 0 Å². The molecule has 0 unspecified atom stereocenters. The van der Waals surface area contributed by atoms with Gasteiger partial charge in [-0.15, -0.1) is 5.12 Å². The van der Waals surface area contributed by atoms with Gasteiger partial charge in [0.05, 0.1) is 13.2 Å². The highest BCUT2D eigenvalue weighted by atomic mass is 16.7. The van der Waals surface area contributed by atoms with Crippen molar-refractivity contribution in [2.45, 2.75) is 0 Å². The highest BCUT2D eigenvalue weighted by Gasteiger charge is 2.25. The summed E-state index contributed by atoms with van der Waals surface area (Å²) in [7, 11) is 0. The summed E-state index contributed by atoms with van der Waals surface area (Å²) in [5.41, 5.74) is 2.66. The van der Waals surface area contributed by atoms with Crippen LogP contribution >= 0.6 is 0 Å². The Kier molecular flexibility index (Phi) is 2.22. The van der Waals surface area contributed by atoms with E-state index >= 15 is 0 Å². The van der Waals surface area contributed by atoms with Gasteiger partial charge >= 0.3 is 0 Å². The van der Waals surface area contributed by atoms with Crippen molar-refractivity contribution in [1.82, 2.24) is 15.7 Å². The summed E-state index contributed by atoms with van der Waals surface area (Å²) in [4.78, 5) is 4.80. The summed E-state index contributed by atoms with van der Waals surface area (Å²) in [5.74, 6) is 0.251. The van der Waals surface area contributed by atoms with Gasteiger partial charge in [-0.3, -0.25) is 5.41 Å². The third-order valence-electron chi connectivity index (χ3n) is 1.90. The van der Waals surface area contributed by atoms with Gasteiger partial charge in [-0.1, -0.05) is 5.59 Å². The van der Waals surface area contributed by atoms with Crippen LogP contribution < -0.4 is 5.59 Å². The fraction of sp³-hybridized carbons (Fsp3) is 0.833. The second-order valence-corrected chi connectivity index (χ2v) is 2.74. The van der Waals surface area contributed by atoms with Crippen LogP contribution in [0.1, 0.15) is 0 Å². The highest BCUT2D eigenvalue weighted by molar-refractivity contribution is 5.75. The molecule has 2 saturated heterocycles. The molecule has 0 radical (unpaired) electrons. The molecule has 0 spiro atoms. The van der Waals surface area contributed by atoms with Gasteiger partial charge in [0.2, 0.25) is 5.90 Å². The predicted molar refractivity (Wildman–Crippen MR) is 41.0 cm³/mol. The largest absolute Gasteiger partial charge is 0.379 e. The van der Waals surface area contributed by atoms with Gasteiger partial charge in [-0.25, -0.2) is 5.01 Å². The Bertz CT molecular complexity index is 180. The number of morpholine rings is 1. The molecule has 6 nitrogen and oxygen atoms in total. The Morgan fingerprint density at radius 3 is 2.67 bits per heavy atom. The molecule has 68 valence electrons. The number of hydrogen-bond acceptors (Lipinski definition) is 6. The van der Waals surface area contributed by atoms with Crippen molar-refractivity contribution in [3.8, 4) is 0 Å². The van der Waals surface area contributed by atoms with Gasteiger partial charge in [-0.05, 0) is 0 Å². The minimum absolute atomic E-state index is 0.251. The lowest BCUT2D eigenvalue weighted by Crippen LogP contribution is -2.51. The SMILES string of the molecule is N=C1CN(N2CCOCC2)NO1. The molecule has 2 aliphatic heterocycles. The van der Waals surface area contributed by atoms with Gasteiger partial charge < -0.3 is 9.57 Å². The maximum Gasteiger partial charge on any atom is 0.225 e. The lowest BCUT2D eigenvalue weighted by atomic mass is 10.5. The van der Waals surface area contributed by atoms with Gasteiger partial charge in [-0.2, -0.15) is 0 Å². The van der Waals surface area contributed by atoms with E-state index in [-0.39, 0.29) is 5.90 Å². The molecule has 0 aromatic rings. The molecule has 0 bridgehead atoms. The highest BCUT2D eigenvalue weighted by Crippen LogP contribution is 2.04. The van der Waals surface area contributed by atoms with Crippen molar-refractivity contribution in [1.29, 1.82) is 5.41 Å². The summed E-state index contributed by atoms with van der Waals surface area (Å²) < 4.78 is 5.20. The van der Waals surface area contributed by atoms with E-state index in [2.05, 4.69) is 10.6 Å². The third-order valence-corrected chi connectivity index (χ3v) is 1.90. The smallest absolute Gasteiger partial charge is 0.225 e. The second-order valence-electron chi connectivity index (χ2n) is 2.74. The van der Waals surface area contributed by atoms with Crippen molar-refractivity contribution in [3.63, 3.8) is 0 Å². The Labute approximate surface area is 70.4 Å². The lowest BCUT2D eigenvalue weighted by molar-refractivity contribution is -0.144. The van der Waals surface area contributed by atoms with Crippen LogP contribution in [0.25, 0.3) is 0 Å². The quantitative estimate of drug-likeness (QED) is 0.529. The average Bonchev–Trinajstić information content (AvgIpc) is 2.54. The molecule has 2 heterocycles. The normalized spacial score (nSPS) is 27.5. The van der Waals surface area contributed by atoms with Crippen molar-refractivity contribution in [2.75, 3.05) is 32.8 Å². The Hall–Kier alpha value is -0.690. The van der Waals surface area contributed by atoms with E-state index in [0.29, 0.717) is 6.54 Å². The summed E-state index contributed by atoms with van der Waals surface area (Å²) in [6, 6.07) is 0. The first-order chi connectivity index (χ1) is 5.86. The van der Waals surface area contributed by atoms with Gasteiger partial charge in [0.1, 0.15) is 6.54 Å². The van der Waals surface area contributed by atoms with Gasteiger partial charge in [0.25, 0.3) is 0 Å². The summed E-state index contributed by atoms with van der Waals surface area (Å²) >= 11 is 0. The van der Waals surface area contributed by atoms with Crippen molar-refractivity contribution in [2.24, 2.45) is 0 Å². The molecule has 2 N–H and O–H groups in total. The number of ether oxygens (including phenoxy) is 1. The van der Waals surface area contributed by atoms with Gasteiger partial charge in [0.15, 0.2) is 0 Å². The van der Waals surface area contributed by atoms with E-state index in [1.807, 2.05) is 0 Å². The molecule has 6 heteroatoms. The fourth-order valence-electron chi connectivity index (χ4n) is 1.26. The number of hydrogen-bond donors (Lipinski definition) is 2. The molecule has 12 heavy (non-hydrogen) atoms. The van der Waals surface area contributed by atoms with Crippen LogP contribution in [-0.4, -0.2) is 48.9 Å². The maximum atomic E-state index is 7.21. The first kappa shape index (κ1) is 7.93. The monoisotopic (exact) mass is 172 g/mol. The molecule has 2 rings (SSSR count). The van der Waals surface area contributed by atoms with Crippen LogP contribution in [0.15, 0.2) is 0 Å². The zero-order valence-electron chi connectivity index (χ0n) is 6.75. The van der Waals surface area contributed by atoms with E-state index in [9.17, 15) is 0 Å². The van der Waals surface area contributed by atoms with E-state index in [0.717, 1.165) is 26.3 Å².